The summed E-state index contributed by atoms with van der Waals surface area (Å²) >= 11 is 0. The molecule has 1 radical (unpaired) electrons. The third-order valence-corrected chi connectivity index (χ3v) is 1.95. The zero-order valence-electron chi connectivity index (χ0n) is 9.95. The number of rotatable bonds is 6. The molecule has 0 aromatic heterocycles. The van der Waals surface area contributed by atoms with E-state index in [-0.39, 0.29) is 6.54 Å². The quantitative estimate of drug-likeness (QED) is 0.461. The molecule has 0 bridgehead atoms. The molecule has 18 heavy (non-hydrogen) atoms. The Kier molecular flexibility index (Phi) is 5.76. The van der Waals surface area contributed by atoms with Gasteiger partial charge in [0.25, 0.3) is 5.91 Å². The summed E-state index contributed by atoms with van der Waals surface area (Å²) in [6, 6.07) is 9.20. The average molecular weight is 248 g/mol. The largest absolute Gasteiger partial charge is 0.366 e. The van der Waals surface area contributed by atoms with Crippen LogP contribution in [0.25, 0.3) is 6.08 Å². The van der Waals surface area contributed by atoms with Crippen LogP contribution < -0.4 is 0 Å². The fourth-order valence-corrected chi connectivity index (χ4v) is 1.22. The maximum Gasteiger partial charge on any atom is 0.270 e. The van der Waals surface area contributed by atoms with E-state index in [1.807, 2.05) is 30.3 Å². The van der Waals surface area contributed by atoms with Gasteiger partial charge in [0.15, 0.2) is 6.29 Å². The summed E-state index contributed by atoms with van der Waals surface area (Å²) in [5, 5.41) is 9.76. The molecule has 0 spiro atoms. The summed E-state index contributed by atoms with van der Waals surface area (Å²) < 4.78 is 0. The number of hydrogen-bond acceptors (Lipinski definition) is 4. The molecule has 0 saturated carbocycles. The van der Waals surface area contributed by atoms with Crippen molar-refractivity contribution in [1.82, 2.24) is 5.06 Å². The number of benzene rings is 1. The fourth-order valence-electron chi connectivity index (χ4n) is 1.22. The number of hydrogen-bond donors (Lipinski definition) is 1. The van der Waals surface area contributed by atoms with Crippen molar-refractivity contribution in [3.8, 4) is 0 Å². The molecule has 5 heteroatoms. The van der Waals surface area contributed by atoms with E-state index in [0.29, 0.717) is 0 Å². The minimum absolute atomic E-state index is 0.358. The third-order valence-electron chi connectivity index (χ3n) is 1.95. The minimum atomic E-state index is -1.17. The highest BCUT2D eigenvalue weighted by Gasteiger charge is 2.13. The summed E-state index contributed by atoms with van der Waals surface area (Å²) in [5.74, 6) is -0.539. The van der Waals surface area contributed by atoms with Gasteiger partial charge in [-0.15, -0.1) is 0 Å². The first kappa shape index (κ1) is 14.1. The Balaban J connectivity index is 2.66. The zero-order valence-corrected chi connectivity index (χ0v) is 9.95. The summed E-state index contributed by atoms with van der Waals surface area (Å²) in [7, 11) is 0. The van der Waals surface area contributed by atoms with Gasteiger partial charge < -0.3 is 5.11 Å². The monoisotopic (exact) mass is 248 g/mol. The first-order chi connectivity index (χ1) is 8.63. The highest BCUT2D eigenvalue weighted by atomic mass is 16.8. The molecular weight excluding hydrogens is 234 g/mol. The number of hydroxylamine groups is 2. The van der Waals surface area contributed by atoms with Gasteiger partial charge in [-0.2, -0.15) is 0 Å². The molecule has 95 valence electrons. The van der Waals surface area contributed by atoms with Crippen LogP contribution in [0.15, 0.2) is 36.4 Å². The molecule has 1 aromatic rings. The lowest BCUT2D eigenvalue weighted by atomic mass is 10.2. The number of carbonyl (C=O) groups excluding carboxylic acids is 2. The third kappa shape index (κ3) is 4.90. The molecule has 0 aliphatic carbocycles. The highest BCUT2D eigenvalue weighted by molar-refractivity contribution is 5.92. The van der Waals surface area contributed by atoms with Crippen LogP contribution in [-0.4, -0.2) is 35.2 Å². The summed E-state index contributed by atoms with van der Waals surface area (Å²) in [6.07, 6.45) is 3.21. The summed E-state index contributed by atoms with van der Waals surface area (Å²) in [5.41, 5.74) is 0.845. The molecule has 0 aliphatic rings. The van der Waals surface area contributed by atoms with E-state index in [9.17, 15) is 9.59 Å². The van der Waals surface area contributed by atoms with E-state index in [1.54, 1.807) is 6.08 Å². The van der Waals surface area contributed by atoms with Gasteiger partial charge in [0.05, 0.1) is 0 Å². The molecule has 5 nitrogen and oxygen atoms in total. The van der Waals surface area contributed by atoms with Gasteiger partial charge in [0.1, 0.15) is 6.54 Å². The smallest absolute Gasteiger partial charge is 0.270 e. The molecule has 1 amide bonds. The van der Waals surface area contributed by atoms with Gasteiger partial charge in [-0.1, -0.05) is 30.3 Å². The van der Waals surface area contributed by atoms with E-state index in [1.165, 1.54) is 19.3 Å². The SMILES string of the molecule is CC(O)ON(C[C]=O)C(=O)/C=C/c1ccccc1. The van der Waals surface area contributed by atoms with Crippen molar-refractivity contribution in [2.24, 2.45) is 0 Å². The lowest BCUT2D eigenvalue weighted by molar-refractivity contribution is -0.241. The Morgan fingerprint density at radius 3 is 2.72 bits per heavy atom. The summed E-state index contributed by atoms with van der Waals surface area (Å²) in [6.45, 7) is 0.981. The van der Waals surface area contributed by atoms with Gasteiger partial charge in [-0.3, -0.25) is 9.59 Å². The zero-order chi connectivity index (χ0) is 13.4. The van der Waals surface area contributed by atoms with Crippen LogP contribution in [0.2, 0.25) is 0 Å². The molecule has 1 atom stereocenters. The van der Waals surface area contributed by atoms with E-state index in [0.717, 1.165) is 10.6 Å². The van der Waals surface area contributed by atoms with Crippen LogP contribution in [0, 0.1) is 0 Å². The molecule has 0 heterocycles. The number of nitrogens with zero attached hydrogens (tertiary/aromatic N) is 1. The molecule has 0 aliphatic heterocycles. The lowest BCUT2D eigenvalue weighted by Gasteiger charge is -2.18. The van der Waals surface area contributed by atoms with Crippen molar-refractivity contribution >= 4 is 18.3 Å². The Labute approximate surface area is 105 Å². The maximum atomic E-state index is 11.7. The molecular formula is C13H14NO4. The Morgan fingerprint density at radius 2 is 2.17 bits per heavy atom. The van der Waals surface area contributed by atoms with Gasteiger partial charge in [-0.25, -0.2) is 9.90 Å². The standard InChI is InChI=1S/C13H14NO4/c1-11(16)18-14(9-10-15)13(17)8-7-12-5-3-2-4-6-12/h2-8,11,16H,9H2,1H3/b8-7+. The van der Waals surface area contributed by atoms with E-state index >= 15 is 0 Å². The first-order valence-corrected chi connectivity index (χ1v) is 5.38. The van der Waals surface area contributed by atoms with Gasteiger partial charge in [0, 0.05) is 6.08 Å². The minimum Gasteiger partial charge on any atom is -0.366 e. The van der Waals surface area contributed by atoms with Crippen molar-refractivity contribution in [2.75, 3.05) is 6.54 Å². The van der Waals surface area contributed by atoms with Crippen LogP contribution in [0.3, 0.4) is 0 Å². The van der Waals surface area contributed by atoms with Crippen molar-refractivity contribution in [1.29, 1.82) is 0 Å². The van der Waals surface area contributed by atoms with Crippen LogP contribution >= 0.6 is 0 Å². The molecule has 0 saturated heterocycles. The van der Waals surface area contributed by atoms with Gasteiger partial charge in [0.2, 0.25) is 6.29 Å². The van der Waals surface area contributed by atoms with Crippen molar-refractivity contribution in [3.63, 3.8) is 0 Å². The van der Waals surface area contributed by atoms with Crippen LogP contribution in [0.1, 0.15) is 12.5 Å². The van der Waals surface area contributed by atoms with Crippen molar-refractivity contribution in [3.05, 3.63) is 42.0 Å². The van der Waals surface area contributed by atoms with Crippen LogP contribution in [-0.2, 0) is 14.4 Å². The second kappa shape index (κ2) is 7.37. The van der Waals surface area contributed by atoms with Crippen LogP contribution in [0.4, 0.5) is 0 Å². The molecule has 1 aromatic carbocycles. The topological polar surface area (TPSA) is 66.8 Å². The molecule has 0 fully saturated rings. The van der Waals surface area contributed by atoms with E-state index < -0.39 is 12.2 Å². The number of aliphatic hydroxyl groups excluding tert-OH is 1. The van der Waals surface area contributed by atoms with E-state index in [2.05, 4.69) is 0 Å². The molecule has 1 N–H and O–H groups in total. The Bertz CT molecular complexity index is 414. The Morgan fingerprint density at radius 1 is 1.50 bits per heavy atom. The molecule has 1 unspecified atom stereocenters. The second-order valence-corrected chi connectivity index (χ2v) is 3.47. The van der Waals surface area contributed by atoms with E-state index in [4.69, 9.17) is 9.94 Å². The number of aliphatic hydroxyl groups is 1. The van der Waals surface area contributed by atoms with Crippen LogP contribution in [0.5, 0.6) is 0 Å². The van der Waals surface area contributed by atoms with Crippen molar-refractivity contribution < 1.29 is 19.5 Å². The molecule has 1 rings (SSSR count). The average Bonchev–Trinajstić information content (AvgIpc) is 2.36. The lowest BCUT2D eigenvalue weighted by Crippen LogP contribution is -2.34. The fraction of sp³-hybridized carbons (Fsp3) is 0.231. The summed E-state index contributed by atoms with van der Waals surface area (Å²) in [4.78, 5) is 26.7. The number of amides is 1. The predicted molar refractivity (Wildman–Crippen MR) is 65.6 cm³/mol. The Hall–Kier alpha value is -1.98. The maximum absolute atomic E-state index is 11.7. The second-order valence-electron chi connectivity index (χ2n) is 3.47. The van der Waals surface area contributed by atoms with Gasteiger partial charge >= 0.3 is 0 Å². The number of carbonyl (C=O) groups is 1. The van der Waals surface area contributed by atoms with Crippen molar-refractivity contribution in [2.45, 2.75) is 13.2 Å². The van der Waals surface area contributed by atoms with Gasteiger partial charge in [-0.05, 0) is 18.6 Å². The predicted octanol–water partition coefficient (Wildman–Crippen LogP) is 0.908. The highest BCUT2D eigenvalue weighted by Crippen LogP contribution is 2.03. The normalized spacial score (nSPS) is 12.3. The first-order valence-electron chi connectivity index (χ1n) is 5.38.